The number of piperidine rings is 1. The van der Waals surface area contributed by atoms with Crippen molar-refractivity contribution in [1.29, 1.82) is 0 Å². The Kier molecular flexibility index (Phi) is 7.20. The van der Waals surface area contributed by atoms with Crippen molar-refractivity contribution in [2.75, 3.05) is 13.1 Å². The Morgan fingerprint density at radius 2 is 1.88 bits per heavy atom. The molecule has 8 nitrogen and oxygen atoms in total. The first kappa shape index (κ1) is 23.6. The molecule has 0 aromatic carbocycles. The minimum Gasteiger partial charge on any atom is -0.338 e. The molecule has 0 aromatic heterocycles. The average molecular weight is 487 g/mol. The molecule has 0 radical (unpaired) electrons. The lowest BCUT2D eigenvalue weighted by molar-refractivity contribution is -0.144. The fourth-order valence-electron chi connectivity index (χ4n) is 5.74. The van der Waals surface area contributed by atoms with Gasteiger partial charge in [-0.15, -0.1) is 23.2 Å². The Morgan fingerprint density at radius 1 is 1.09 bits per heavy atom. The van der Waals surface area contributed by atoms with Gasteiger partial charge in [0, 0.05) is 36.8 Å². The van der Waals surface area contributed by atoms with Gasteiger partial charge in [0.1, 0.15) is 6.04 Å². The quantitative estimate of drug-likeness (QED) is 0.416. The van der Waals surface area contributed by atoms with E-state index < -0.39 is 6.04 Å². The molecule has 4 rings (SSSR count). The average Bonchev–Trinajstić information content (AvgIpc) is 3.06. The van der Waals surface area contributed by atoms with Gasteiger partial charge in [-0.05, 0) is 56.3 Å². The van der Waals surface area contributed by atoms with E-state index in [1.807, 2.05) is 0 Å². The highest BCUT2D eigenvalue weighted by Crippen LogP contribution is 2.41. The van der Waals surface area contributed by atoms with E-state index in [0.717, 1.165) is 19.3 Å². The molecule has 5 amide bonds. The molecule has 10 heteroatoms. The second-order valence-corrected chi connectivity index (χ2v) is 11.1. The molecule has 8 atom stereocenters. The summed E-state index contributed by atoms with van der Waals surface area (Å²) in [5.74, 6) is 0.0356. The molecule has 2 aliphatic carbocycles. The fraction of sp³-hybridized carbons (Fsp3) is 0.818. The number of carbonyl (C=O) groups is 4. The van der Waals surface area contributed by atoms with Gasteiger partial charge in [0.05, 0.1) is 5.38 Å². The van der Waals surface area contributed by atoms with E-state index in [2.05, 4.69) is 22.9 Å². The summed E-state index contributed by atoms with van der Waals surface area (Å²) in [7, 11) is 0. The molecule has 3 N–H and O–H groups in total. The maximum Gasteiger partial charge on any atom is 0.315 e. The normalized spacial score (nSPS) is 40.0. The SMILES string of the molecule is CC1CC(Cl)C(NC(=O)NCC2CCC3CN(C4CCC(=O)NC4=O)C(=O)C3C2)CC1Cl. The van der Waals surface area contributed by atoms with Crippen molar-refractivity contribution >= 4 is 47.0 Å². The van der Waals surface area contributed by atoms with Gasteiger partial charge < -0.3 is 15.5 Å². The van der Waals surface area contributed by atoms with E-state index in [9.17, 15) is 19.2 Å². The summed E-state index contributed by atoms with van der Waals surface area (Å²) in [6.07, 6.45) is 4.63. The predicted octanol–water partition coefficient (Wildman–Crippen LogP) is 1.98. The first-order valence-corrected chi connectivity index (χ1v) is 12.6. The zero-order valence-corrected chi connectivity index (χ0v) is 19.8. The van der Waals surface area contributed by atoms with Gasteiger partial charge in [-0.1, -0.05) is 6.92 Å². The molecule has 2 aliphatic heterocycles. The molecule has 4 aliphatic rings. The summed E-state index contributed by atoms with van der Waals surface area (Å²) in [6.45, 7) is 3.15. The van der Waals surface area contributed by atoms with Gasteiger partial charge in [0.25, 0.3) is 0 Å². The zero-order chi connectivity index (χ0) is 23.0. The molecule has 2 heterocycles. The number of hydrogen-bond donors (Lipinski definition) is 3. The molecule has 2 saturated heterocycles. The van der Waals surface area contributed by atoms with Gasteiger partial charge >= 0.3 is 6.03 Å². The van der Waals surface area contributed by atoms with E-state index in [1.165, 1.54) is 0 Å². The van der Waals surface area contributed by atoms with Crippen LogP contribution in [0.5, 0.6) is 0 Å². The van der Waals surface area contributed by atoms with E-state index in [4.69, 9.17) is 23.2 Å². The van der Waals surface area contributed by atoms with Gasteiger partial charge in [-0.2, -0.15) is 0 Å². The topological polar surface area (TPSA) is 108 Å². The number of imide groups is 1. The summed E-state index contributed by atoms with van der Waals surface area (Å²) >= 11 is 12.8. The molecule has 0 spiro atoms. The van der Waals surface area contributed by atoms with Crippen LogP contribution in [0.2, 0.25) is 0 Å². The number of nitrogens with zero attached hydrogens (tertiary/aromatic N) is 1. The number of rotatable bonds is 4. The van der Waals surface area contributed by atoms with Gasteiger partial charge in [-0.25, -0.2) is 4.79 Å². The maximum atomic E-state index is 13.0. The third-order valence-corrected chi connectivity index (χ3v) is 8.81. The number of halogens is 2. The van der Waals surface area contributed by atoms with Crippen LogP contribution in [-0.2, 0) is 14.4 Å². The fourth-order valence-corrected chi connectivity index (χ4v) is 6.48. The Morgan fingerprint density at radius 3 is 2.62 bits per heavy atom. The van der Waals surface area contributed by atoms with Crippen molar-refractivity contribution in [2.45, 2.75) is 74.7 Å². The number of likely N-dealkylation sites (tertiary alicyclic amines) is 1. The number of carbonyl (C=O) groups excluding carboxylic acids is 4. The number of hydrogen-bond acceptors (Lipinski definition) is 4. The van der Waals surface area contributed by atoms with Crippen LogP contribution in [0.25, 0.3) is 0 Å². The molecule has 2 saturated carbocycles. The Hall–Kier alpha value is -1.54. The molecule has 0 aromatic rings. The van der Waals surface area contributed by atoms with Crippen LogP contribution in [0.3, 0.4) is 0 Å². The van der Waals surface area contributed by atoms with Crippen LogP contribution in [0.15, 0.2) is 0 Å². The van der Waals surface area contributed by atoms with Crippen LogP contribution in [0, 0.1) is 23.7 Å². The standard InChI is InChI=1S/C22H32Cl2N4O4/c1-11-6-16(24)17(8-15(11)23)26-22(32)25-9-12-2-3-13-10-28(21(31)14(13)7-12)18-4-5-19(29)27-20(18)30/h11-18H,2-10H2,1H3,(H2,25,26,32)(H,27,29,30). The van der Waals surface area contributed by atoms with E-state index in [-0.39, 0.29) is 64.7 Å². The third-order valence-electron chi connectivity index (χ3n) is 7.72. The summed E-state index contributed by atoms with van der Waals surface area (Å²) in [6, 6.07) is -0.936. The van der Waals surface area contributed by atoms with Crippen molar-refractivity contribution in [2.24, 2.45) is 23.7 Å². The molecule has 8 unspecified atom stereocenters. The number of urea groups is 1. The zero-order valence-electron chi connectivity index (χ0n) is 18.3. The first-order chi connectivity index (χ1) is 15.2. The van der Waals surface area contributed by atoms with Crippen molar-refractivity contribution in [3.05, 3.63) is 0 Å². The van der Waals surface area contributed by atoms with Crippen molar-refractivity contribution in [1.82, 2.24) is 20.9 Å². The molecular weight excluding hydrogens is 455 g/mol. The van der Waals surface area contributed by atoms with Crippen LogP contribution < -0.4 is 16.0 Å². The largest absolute Gasteiger partial charge is 0.338 e. The first-order valence-electron chi connectivity index (χ1n) is 11.7. The van der Waals surface area contributed by atoms with Gasteiger partial charge in [0.2, 0.25) is 17.7 Å². The minimum atomic E-state index is -0.541. The highest BCUT2D eigenvalue weighted by molar-refractivity contribution is 6.23. The number of alkyl halides is 2. The molecular formula is C22H32Cl2N4O4. The Balaban J connectivity index is 1.25. The van der Waals surface area contributed by atoms with E-state index >= 15 is 0 Å². The van der Waals surface area contributed by atoms with Crippen molar-refractivity contribution in [3.63, 3.8) is 0 Å². The number of amides is 5. The summed E-state index contributed by atoms with van der Waals surface area (Å²) in [5.41, 5.74) is 0. The monoisotopic (exact) mass is 486 g/mol. The van der Waals surface area contributed by atoms with Crippen molar-refractivity contribution < 1.29 is 19.2 Å². The lowest BCUT2D eigenvalue weighted by atomic mass is 9.75. The van der Waals surface area contributed by atoms with Crippen LogP contribution >= 0.6 is 23.2 Å². The lowest BCUT2D eigenvalue weighted by Crippen LogP contribution is -2.53. The molecule has 4 fully saturated rings. The summed E-state index contributed by atoms with van der Waals surface area (Å²) < 4.78 is 0. The predicted molar refractivity (Wildman–Crippen MR) is 120 cm³/mol. The van der Waals surface area contributed by atoms with E-state index in [1.54, 1.807) is 4.90 Å². The summed E-state index contributed by atoms with van der Waals surface area (Å²) in [4.78, 5) is 50.8. The molecule has 32 heavy (non-hydrogen) atoms. The highest BCUT2D eigenvalue weighted by atomic mass is 35.5. The number of fused-ring (bicyclic) bond motifs is 1. The van der Waals surface area contributed by atoms with Gasteiger partial charge in [-0.3, -0.25) is 19.7 Å². The minimum absolute atomic E-state index is 0.00580. The Labute approximate surface area is 198 Å². The smallest absolute Gasteiger partial charge is 0.315 e. The maximum absolute atomic E-state index is 13.0. The van der Waals surface area contributed by atoms with E-state index in [0.29, 0.717) is 38.3 Å². The molecule has 0 bridgehead atoms. The number of nitrogens with one attached hydrogen (secondary N) is 3. The van der Waals surface area contributed by atoms with Crippen LogP contribution in [-0.4, -0.2) is 64.6 Å². The lowest BCUT2D eigenvalue weighted by Gasteiger charge is -2.35. The second-order valence-electron chi connectivity index (χ2n) is 9.94. The van der Waals surface area contributed by atoms with Crippen LogP contribution in [0.1, 0.15) is 51.9 Å². The van der Waals surface area contributed by atoms with Crippen LogP contribution in [0.4, 0.5) is 4.79 Å². The highest BCUT2D eigenvalue weighted by Gasteiger charge is 2.48. The third kappa shape index (κ3) is 5.01. The second kappa shape index (κ2) is 9.75. The van der Waals surface area contributed by atoms with Crippen molar-refractivity contribution in [3.8, 4) is 0 Å². The Bertz CT molecular complexity index is 781. The molecule has 178 valence electrons. The summed E-state index contributed by atoms with van der Waals surface area (Å²) in [5, 5.41) is 8.13. The van der Waals surface area contributed by atoms with Gasteiger partial charge in [0.15, 0.2) is 0 Å².